The van der Waals surface area contributed by atoms with Crippen molar-refractivity contribution < 1.29 is 63.0 Å². The third-order valence-corrected chi connectivity index (χ3v) is 17.6. The molecule has 5 aliphatic heterocycles. The molecule has 19 nitrogen and oxygen atoms in total. The summed E-state index contributed by atoms with van der Waals surface area (Å²) >= 11 is 0. The molecule has 3 fully saturated rings. The van der Waals surface area contributed by atoms with Gasteiger partial charge in [-0.2, -0.15) is 0 Å². The van der Waals surface area contributed by atoms with E-state index < -0.39 is 119 Å². The summed E-state index contributed by atoms with van der Waals surface area (Å²) < 4.78 is 33.8. The van der Waals surface area contributed by atoms with Gasteiger partial charge < -0.3 is 43.9 Å². The summed E-state index contributed by atoms with van der Waals surface area (Å²) in [6.45, 7) is 12.2. The number of aromatic nitrogens is 3. The highest BCUT2D eigenvalue weighted by Crippen LogP contribution is 2.39. The lowest BCUT2D eigenvalue weighted by Gasteiger charge is -2.42. The van der Waals surface area contributed by atoms with Crippen LogP contribution in [0.25, 0.3) is 5.69 Å². The van der Waals surface area contributed by atoms with E-state index in [1.165, 1.54) is 23.6 Å². The number of piperidine rings is 1. The van der Waals surface area contributed by atoms with Gasteiger partial charge in [0.2, 0.25) is 5.79 Å². The van der Waals surface area contributed by atoms with Gasteiger partial charge in [0.15, 0.2) is 5.78 Å². The van der Waals surface area contributed by atoms with Crippen molar-refractivity contribution in [2.24, 2.45) is 35.5 Å². The SMILES string of the molecule is COC1CC(CC(C)[C@@H]2CC(=O)[C@H](C)/C=C(/C)[C@@H](O)[C@@H](OC)C(=O)[C@H](C)C[C@H](C)C3C=CC(/C=C(/C)[C@@H](OC)C[C@@H]4CC[C@@H](C)C(O)(O4)C(=O)C(=O)N4CCCC[C@H]4C(=O)O2)n2c(=O)n(-c4ccccc4)c(=O)n23)CCC1O. The van der Waals surface area contributed by atoms with Crippen molar-refractivity contribution >= 4 is 29.2 Å². The average Bonchev–Trinajstić information content (AvgIpc) is 3.96. The van der Waals surface area contributed by atoms with Gasteiger partial charge in [0.05, 0.1) is 42.2 Å². The molecule has 78 heavy (non-hydrogen) atoms. The lowest BCUT2D eigenvalue weighted by molar-refractivity contribution is -0.265. The van der Waals surface area contributed by atoms with E-state index in [0.29, 0.717) is 68.2 Å². The van der Waals surface area contributed by atoms with Crippen LogP contribution < -0.4 is 11.4 Å². The quantitative estimate of drug-likeness (QED) is 0.175. The van der Waals surface area contributed by atoms with Crippen LogP contribution in [0.2, 0.25) is 0 Å². The molecule has 2 aromatic rings. The van der Waals surface area contributed by atoms with Crippen molar-refractivity contribution in [2.45, 2.75) is 192 Å². The van der Waals surface area contributed by atoms with E-state index in [2.05, 4.69) is 0 Å². The molecule has 6 aliphatic rings. The Hall–Kier alpha value is -5.15. The molecule has 3 N–H and O–H groups in total. The van der Waals surface area contributed by atoms with Crippen LogP contribution in [0.3, 0.4) is 0 Å². The minimum Gasteiger partial charge on any atom is -0.460 e. The van der Waals surface area contributed by atoms with Gasteiger partial charge in [0.1, 0.15) is 30.1 Å². The number of esters is 1. The zero-order chi connectivity index (χ0) is 56.9. The maximum absolute atomic E-state index is 14.6. The zero-order valence-electron chi connectivity index (χ0n) is 47.2. The van der Waals surface area contributed by atoms with Crippen molar-refractivity contribution in [3.05, 3.63) is 86.8 Å². The third-order valence-electron chi connectivity index (χ3n) is 17.6. The van der Waals surface area contributed by atoms with E-state index in [0.717, 1.165) is 9.47 Å². The van der Waals surface area contributed by atoms with Gasteiger partial charge in [-0.05, 0) is 119 Å². The maximum atomic E-state index is 14.6. The minimum atomic E-state index is -2.55. The Morgan fingerprint density at radius 1 is 0.782 bits per heavy atom. The molecule has 1 amide bonds. The molecule has 19 heteroatoms. The first-order valence-electron chi connectivity index (χ1n) is 28.1. The molecule has 0 spiro atoms. The number of methoxy groups -OCH3 is 3. The van der Waals surface area contributed by atoms with Crippen LogP contribution in [-0.2, 0) is 47.7 Å². The summed E-state index contributed by atoms with van der Waals surface area (Å²) in [5.74, 6) is -9.44. The number of Topliss-reactive ketones (excluding diaryl/α,β-unsaturated/α-hetero) is 3. The van der Waals surface area contributed by atoms with Crippen LogP contribution in [0.15, 0.2) is 75.4 Å². The zero-order valence-corrected chi connectivity index (χ0v) is 47.2. The number of fused-ring (bicyclic) bond motifs is 15. The fraction of sp³-hybridized carbons (Fsp3) is 0.678. The largest absolute Gasteiger partial charge is 0.460 e. The number of para-hydroxylation sites is 1. The second-order valence-corrected chi connectivity index (χ2v) is 23.1. The molecule has 8 rings (SSSR count). The number of carbonyl (C=O) groups excluding carboxylic acids is 5. The van der Waals surface area contributed by atoms with Crippen LogP contribution in [0, 0.1) is 35.5 Å². The first kappa shape index (κ1) is 60.5. The number of amides is 1. The van der Waals surface area contributed by atoms with E-state index in [4.69, 9.17) is 23.7 Å². The van der Waals surface area contributed by atoms with E-state index in [1.54, 1.807) is 71.2 Å². The maximum Gasteiger partial charge on any atom is 0.352 e. The summed E-state index contributed by atoms with van der Waals surface area (Å²) in [6, 6.07) is 5.89. The first-order chi connectivity index (χ1) is 37.0. The van der Waals surface area contributed by atoms with E-state index in [-0.39, 0.29) is 56.0 Å². The van der Waals surface area contributed by atoms with Crippen LogP contribution in [0.4, 0.5) is 0 Å². The van der Waals surface area contributed by atoms with Crippen molar-refractivity contribution in [1.29, 1.82) is 0 Å². The van der Waals surface area contributed by atoms with Gasteiger partial charge in [-0.3, -0.25) is 19.2 Å². The summed E-state index contributed by atoms with van der Waals surface area (Å²) in [4.78, 5) is 103. The fourth-order valence-electron chi connectivity index (χ4n) is 12.7. The molecule has 1 aromatic carbocycles. The highest BCUT2D eigenvalue weighted by molar-refractivity contribution is 6.39. The molecule has 2 saturated heterocycles. The highest BCUT2D eigenvalue weighted by Gasteiger charge is 2.53. The number of allylic oxidation sites excluding steroid dienone is 4. The van der Waals surface area contributed by atoms with Crippen molar-refractivity contribution in [3.8, 4) is 5.69 Å². The molecule has 430 valence electrons. The number of carbonyl (C=O) groups is 5. The van der Waals surface area contributed by atoms with E-state index in [9.17, 15) is 48.9 Å². The van der Waals surface area contributed by atoms with Gasteiger partial charge in [-0.15, -0.1) is 0 Å². The van der Waals surface area contributed by atoms with E-state index >= 15 is 0 Å². The summed E-state index contributed by atoms with van der Waals surface area (Å²) in [7, 11) is 4.38. The smallest absolute Gasteiger partial charge is 0.352 e. The second kappa shape index (κ2) is 26.0. The second-order valence-electron chi connectivity index (χ2n) is 23.1. The van der Waals surface area contributed by atoms with Crippen molar-refractivity contribution in [2.75, 3.05) is 27.9 Å². The Bertz CT molecular complexity index is 2690. The Morgan fingerprint density at radius 2 is 1.49 bits per heavy atom. The Morgan fingerprint density at radius 3 is 2.17 bits per heavy atom. The fourth-order valence-corrected chi connectivity index (χ4v) is 12.7. The number of nitrogens with zero attached hydrogens (tertiary/aromatic N) is 4. The topological polar surface area (TPSA) is 244 Å². The van der Waals surface area contributed by atoms with Crippen LogP contribution in [0.5, 0.6) is 0 Å². The Kier molecular flexibility index (Phi) is 20.1. The minimum absolute atomic E-state index is 0.0318. The van der Waals surface area contributed by atoms with Gasteiger partial charge in [0, 0.05) is 58.5 Å². The number of rotatable bonds is 7. The number of hydrogen-bond donors (Lipinski definition) is 3. The number of benzene rings is 1. The molecule has 1 saturated carbocycles. The number of aliphatic hydroxyl groups excluding tert-OH is 2. The van der Waals surface area contributed by atoms with E-state index in [1.807, 2.05) is 39.0 Å². The predicted molar refractivity (Wildman–Crippen MR) is 288 cm³/mol. The predicted octanol–water partition coefficient (Wildman–Crippen LogP) is 5.53. The molecular weight excluding hydrogens is 1000 g/mol. The monoisotopic (exact) mass is 1090 g/mol. The lowest BCUT2D eigenvalue weighted by Crippen LogP contribution is -2.61. The Balaban J connectivity index is 1.26. The molecular formula is C59H84N4O15. The van der Waals surface area contributed by atoms with Crippen molar-refractivity contribution in [3.63, 3.8) is 0 Å². The van der Waals surface area contributed by atoms with Crippen LogP contribution in [0.1, 0.15) is 138 Å². The molecule has 0 radical (unpaired) electrons. The Labute approximate surface area is 457 Å². The molecule has 1 aliphatic carbocycles. The number of aliphatic hydroxyl groups is 3. The summed E-state index contributed by atoms with van der Waals surface area (Å²) in [6.07, 6.45) is 5.18. The summed E-state index contributed by atoms with van der Waals surface area (Å²) in [5, 5.41) is 34.5. The molecule has 1 aromatic heterocycles. The third kappa shape index (κ3) is 12.9. The highest BCUT2D eigenvalue weighted by atomic mass is 16.6. The van der Waals surface area contributed by atoms with Gasteiger partial charge >= 0.3 is 17.3 Å². The molecule has 7 unspecified atom stereocenters. The standard InChI is InChI=1S/C59H84N4O15/c1-33-26-37(5)51(66)53(76-10)52(67)38(6)27-34(2)47(65)32-49(35(3)28-40-20-24-46(64)50(30-40)75-9)77-56(70)45-18-14-15-25-60(45)55(69)54(68)59(73)39(7)19-22-43(78-59)31-48(74-8)36(4)29-42-21-23-44(33)63-58(72)61(57(71)62(42)63)41-16-12-11-13-17-41/h11-13,16-17,21,23,27,29,33-35,37,39-40,42-46,48-50,52-53,64,67,73H,14-15,18-20,22,24-26,28,30-32H2,1-10H3/b36-29-,38-27-/t33-,34+,35?,37+,39+,40?,42?,43-,44?,45-,46?,48-,49-,50?,52+,53-,59?/m0/s1. The molecule has 17 atom stereocenters. The van der Waals surface area contributed by atoms with Gasteiger partial charge in [0.25, 0.3) is 11.7 Å². The van der Waals surface area contributed by atoms with Gasteiger partial charge in [-0.1, -0.05) is 77.1 Å². The number of ketones is 3. The van der Waals surface area contributed by atoms with Crippen molar-refractivity contribution in [1.82, 2.24) is 18.8 Å². The summed E-state index contributed by atoms with van der Waals surface area (Å²) in [5.41, 5.74) is 0.138. The van der Waals surface area contributed by atoms with Crippen LogP contribution >= 0.6 is 0 Å². The molecule has 4 bridgehead atoms. The van der Waals surface area contributed by atoms with Crippen LogP contribution in [-0.4, -0.2) is 146 Å². The average molecular weight is 1090 g/mol. The van der Waals surface area contributed by atoms with Gasteiger partial charge in [-0.25, -0.2) is 28.3 Å². The number of hydrogen-bond acceptors (Lipinski definition) is 15. The normalized spacial score (nSPS) is 37.2. The number of ether oxygens (including phenoxy) is 5. The lowest BCUT2D eigenvalue weighted by atomic mass is 9.78. The first-order valence-corrected chi connectivity index (χ1v) is 28.1. The molecule has 6 heterocycles.